The number of hydrogen-bond donors (Lipinski definition) is 1. The summed E-state index contributed by atoms with van der Waals surface area (Å²) in [5.41, 5.74) is 0.247. The first-order valence-corrected chi connectivity index (χ1v) is 10.1. The molecule has 1 rings (SSSR count). The summed E-state index contributed by atoms with van der Waals surface area (Å²) in [5, 5.41) is 3.21. The van der Waals surface area contributed by atoms with Crippen molar-refractivity contribution in [2.24, 2.45) is 5.41 Å². The van der Waals surface area contributed by atoms with Crippen molar-refractivity contribution in [2.75, 3.05) is 45.6 Å². The zero-order valence-corrected chi connectivity index (χ0v) is 17.5. The lowest BCUT2D eigenvalue weighted by atomic mass is 9.79. The van der Waals surface area contributed by atoms with Gasteiger partial charge in [-0.25, -0.2) is 0 Å². The number of amides is 1. The van der Waals surface area contributed by atoms with Crippen LogP contribution in [0.2, 0.25) is 0 Å². The Hall–Kier alpha value is -0.300. The Morgan fingerprint density at radius 2 is 1.75 bits per heavy atom. The number of hydrogen-bond acceptors (Lipinski definition) is 5. The first-order valence-electron chi connectivity index (χ1n) is 8.99. The van der Waals surface area contributed by atoms with E-state index in [0.717, 1.165) is 39.2 Å². The molecule has 1 aliphatic rings. The SMILES string of the molecule is CSOCC(C)(C)CC(C)(C)N1CCN(C(=O)CNC(C)C)CC1. The van der Waals surface area contributed by atoms with Crippen LogP contribution in [0, 0.1) is 5.41 Å². The van der Waals surface area contributed by atoms with E-state index in [1.807, 2.05) is 11.2 Å². The van der Waals surface area contributed by atoms with Gasteiger partial charge in [-0.15, -0.1) is 0 Å². The zero-order chi connectivity index (χ0) is 18.4. The molecule has 0 spiro atoms. The molecule has 1 amide bonds. The number of nitrogens with one attached hydrogen (secondary N) is 1. The summed E-state index contributed by atoms with van der Waals surface area (Å²) in [6.07, 6.45) is 3.04. The summed E-state index contributed by atoms with van der Waals surface area (Å²) in [5.74, 6) is 0.217. The van der Waals surface area contributed by atoms with Crippen molar-refractivity contribution < 1.29 is 8.98 Å². The molecular weight excluding hydrogens is 322 g/mol. The molecule has 0 aliphatic carbocycles. The molecule has 24 heavy (non-hydrogen) atoms. The van der Waals surface area contributed by atoms with Crippen LogP contribution in [0.5, 0.6) is 0 Å². The lowest BCUT2D eigenvalue weighted by molar-refractivity contribution is -0.133. The molecule has 1 fully saturated rings. The van der Waals surface area contributed by atoms with Gasteiger partial charge in [0, 0.05) is 44.0 Å². The third-order valence-corrected chi connectivity index (χ3v) is 4.98. The third-order valence-electron chi connectivity index (χ3n) is 4.63. The lowest BCUT2D eigenvalue weighted by Crippen LogP contribution is -2.57. The molecule has 0 saturated carbocycles. The minimum Gasteiger partial charge on any atom is -0.339 e. The molecule has 0 aromatic rings. The average molecular weight is 360 g/mol. The van der Waals surface area contributed by atoms with Crippen LogP contribution >= 0.6 is 12.0 Å². The van der Waals surface area contributed by atoms with Crippen molar-refractivity contribution in [3.05, 3.63) is 0 Å². The van der Waals surface area contributed by atoms with Gasteiger partial charge in [0.2, 0.25) is 5.91 Å². The Morgan fingerprint density at radius 3 is 2.25 bits per heavy atom. The highest BCUT2D eigenvalue weighted by atomic mass is 32.2. The summed E-state index contributed by atoms with van der Waals surface area (Å²) >= 11 is 1.44. The molecule has 5 nitrogen and oxygen atoms in total. The summed E-state index contributed by atoms with van der Waals surface area (Å²) in [7, 11) is 0. The highest BCUT2D eigenvalue weighted by Crippen LogP contribution is 2.33. The van der Waals surface area contributed by atoms with Crippen LogP contribution in [0.15, 0.2) is 0 Å². The second-order valence-corrected chi connectivity index (χ2v) is 9.05. The Labute approximate surface area is 153 Å². The summed E-state index contributed by atoms with van der Waals surface area (Å²) in [6, 6.07) is 0.347. The van der Waals surface area contributed by atoms with Crippen LogP contribution in [0.25, 0.3) is 0 Å². The van der Waals surface area contributed by atoms with Crippen LogP contribution in [-0.2, 0) is 8.98 Å². The van der Waals surface area contributed by atoms with Crippen molar-refractivity contribution in [1.82, 2.24) is 15.1 Å². The monoisotopic (exact) mass is 359 g/mol. The second-order valence-electron chi connectivity index (χ2n) is 8.49. The van der Waals surface area contributed by atoms with Crippen LogP contribution in [0.1, 0.15) is 48.0 Å². The van der Waals surface area contributed by atoms with E-state index in [4.69, 9.17) is 4.18 Å². The van der Waals surface area contributed by atoms with E-state index in [2.05, 4.69) is 51.8 Å². The van der Waals surface area contributed by atoms with Gasteiger partial charge in [0.25, 0.3) is 0 Å². The highest BCUT2D eigenvalue weighted by molar-refractivity contribution is 7.93. The Morgan fingerprint density at radius 1 is 1.17 bits per heavy atom. The fourth-order valence-electron chi connectivity index (χ4n) is 3.52. The maximum atomic E-state index is 12.2. The summed E-state index contributed by atoms with van der Waals surface area (Å²) < 4.78 is 5.56. The molecule has 6 heteroatoms. The topological polar surface area (TPSA) is 44.8 Å². The molecule has 0 atom stereocenters. The van der Waals surface area contributed by atoms with Gasteiger partial charge < -0.3 is 14.4 Å². The van der Waals surface area contributed by atoms with Gasteiger partial charge in [0.05, 0.1) is 13.2 Å². The molecule has 0 radical (unpaired) electrons. The third kappa shape index (κ3) is 7.30. The van der Waals surface area contributed by atoms with E-state index in [1.165, 1.54) is 12.0 Å². The molecule has 1 aliphatic heterocycles. The van der Waals surface area contributed by atoms with Crippen LogP contribution in [-0.4, -0.2) is 72.9 Å². The number of rotatable bonds is 9. The standard InChI is InChI=1S/C18H37N3O2S/c1-15(2)19-12-16(22)20-8-10-21(11-9-20)18(5,6)13-17(3,4)14-23-24-7/h15,19H,8-14H2,1-7H3. The molecule has 142 valence electrons. The van der Waals surface area contributed by atoms with Gasteiger partial charge in [-0.1, -0.05) is 27.7 Å². The molecule has 1 saturated heterocycles. The van der Waals surface area contributed by atoms with Crippen molar-refractivity contribution >= 4 is 17.9 Å². The summed E-state index contributed by atoms with van der Waals surface area (Å²) in [4.78, 5) is 16.7. The molecule has 0 aromatic carbocycles. The molecule has 0 unspecified atom stereocenters. The van der Waals surface area contributed by atoms with E-state index in [1.54, 1.807) is 0 Å². The van der Waals surface area contributed by atoms with E-state index in [-0.39, 0.29) is 16.9 Å². The number of carbonyl (C=O) groups is 1. The average Bonchev–Trinajstić information content (AvgIpc) is 2.49. The van der Waals surface area contributed by atoms with E-state index in [9.17, 15) is 4.79 Å². The van der Waals surface area contributed by atoms with Gasteiger partial charge in [-0.05, 0) is 37.7 Å². The van der Waals surface area contributed by atoms with Gasteiger partial charge in [-0.3, -0.25) is 9.69 Å². The Kier molecular flexibility index (Phi) is 8.53. The molecular formula is C18H37N3O2S. The van der Waals surface area contributed by atoms with Crippen molar-refractivity contribution in [2.45, 2.75) is 59.5 Å². The van der Waals surface area contributed by atoms with Crippen molar-refractivity contribution in [3.8, 4) is 0 Å². The van der Waals surface area contributed by atoms with Crippen molar-refractivity contribution in [3.63, 3.8) is 0 Å². The number of nitrogens with zero attached hydrogens (tertiary/aromatic N) is 2. The van der Waals surface area contributed by atoms with E-state index in [0.29, 0.717) is 12.6 Å². The number of carbonyl (C=O) groups excluding carboxylic acids is 1. The minimum absolute atomic E-state index is 0.108. The molecule has 0 aromatic heterocycles. The first kappa shape index (κ1) is 21.7. The first-order chi connectivity index (χ1) is 11.1. The predicted octanol–water partition coefficient (Wildman–Crippen LogP) is 2.62. The van der Waals surface area contributed by atoms with Crippen LogP contribution < -0.4 is 5.32 Å². The fraction of sp³-hybridized carbons (Fsp3) is 0.944. The van der Waals surface area contributed by atoms with Gasteiger partial charge in [0.15, 0.2) is 0 Å². The smallest absolute Gasteiger partial charge is 0.236 e. The van der Waals surface area contributed by atoms with Crippen LogP contribution in [0.3, 0.4) is 0 Å². The lowest BCUT2D eigenvalue weighted by Gasteiger charge is -2.47. The van der Waals surface area contributed by atoms with Crippen molar-refractivity contribution in [1.29, 1.82) is 0 Å². The normalized spacial score (nSPS) is 17.6. The van der Waals surface area contributed by atoms with Gasteiger partial charge in [-0.2, -0.15) is 0 Å². The molecule has 0 bridgehead atoms. The quantitative estimate of drug-likeness (QED) is 0.641. The van der Waals surface area contributed by atoms with E-state index < -0.39 is 0 Å². The minimum atomic E-state index is 0.108. The molecule has 1 N–H and O–H groups in total. The second kappa shape index (κ2) is 9.41. The predicted molar refractivity (Wildman–Crippen MR) is 103 cm³/mol. The Bertz CT molecular complexity index is 392. The maximum absolute atomic E-state index is 12.2. The zero-order valence-electron chi connectivity index (χ0n) is 16.6. The highest BCUT2D eigenvalue weighted by Gasteiger charge is 2.36. The molecule has 1 heterocycles. The van der Waals surface area contributed by atoms with Crippen LogP contribution in [0.4, 0.5) is 0 Å². The maximum Gasteiger partial charge on any atom is 0.236 e. The van der Waals surface area contributed by atoms with E-state index >= 15 is 0 Å². The number of piperazine rings is 1. The largest absolute Gasteiger partial charge is 0.339 e. The Balaban J connectivity index is 2.49. The fourth-order valence-corrected chi connectivity index (χ4v) is 3.95. The summed E-state index contributed by atoms with van der Waals surface area (Å²) in [6.45, 7) is 18.0. The van der Waals surface area contributed by atoms with Gasteiger partial charge in [0.1, 0.15) is 0 Å². The van der Waals surface area contributed by atoms with Gasteiger partial charge >= 0.3 is 0 Å².